The fourth-order valence-electron chi connectivity index (χ4n) is 5.04. The van der Waals surface area contributed by atoms with Crippen molar-refractivity contribution in [3.8, 4) is 0 Å². The van der Waals surface area contributed by atoms with Gasteiger partial charge in [0.05, 0.1) is 29.1 Å². The Kier molecular flexibility index (Phi) is 6.88. The van der Waals surface area contributed by atoms with Gasteiger partial charge in [0.1, 0.15) is 5.82 Å². The summed E-state index contributed by atoms with van der Waals surface area (Å²) in [6, 6.07) is 5.15. The molecular formula is C23H34N4O4S. The SMILES string of the molecule is CCn1c(CCC(=O)N2CC(C)CC(C)C2)nc2cc(S(=O)(=O)N3CCOCC3)ccc21. The fourth-order valence-corrected chi connectivity index (χ4v) is 6.47. The van der Waals surface area contributed by atoms with E-state index in [1.165, 1.54) is 10.7 Å². The molecule has 1 aromatic heterocycles. The normalized spacial score (nSPS) is 23.0. The fraction of sp³-hybridized carbons (Fsp3) is 0.652. The largest absolute Gasteiger partial charge is 0.379 e. The van der Waals surface area contributed by atoms with Crippen LogP contribution in [-0.2, 0) is 32.5 Å². The summed E-state index contributed by atoms with van der Waals surface area (Å²) in [7, 11) is -3.57. The van der Waals surface area contributed by atoms with Gasteiger partial charge in [-0.1, -0.05) is 13.8 Å². The van der Waals surface area contributed by atoms with Crippen LogP contribution in [-0.4, -0.2) is 72.5 Å². The van der Waals surface area contributed by atoms with Crippen LogP contribution in [0.15, 0.2) is 23.1 Å². The Balaban J connectivity index is 1.53. The number of ether oxygens (including phenoxy) is 1. The van der Waals surface area contributed by atoms with E-state index in [9.17, 15) is 13.2 Å². The molecule has 176 valence electrons. The first kappa shape index (κ1) is 23.2. The van der Waals surface area contributed by atoms with Crippen molar-refractivity contribution >= 4 is 27.0 Å². The number of amides is 1. The van der Waals surface area contributed by atoms with E-state index in [1.807, 2.05) is 17.9 Å². The molecule has 9 heteroatoms. The number of aromatic nitrogens is 2. The van der Waals surface area contributed by atoms with Crippen molar-refractivity contribution in [3.63, 3.8) is 0 Å². The molecule has 0 saturated carbocycles. The summed E-state index contributed by atoms with van der Waals surface area (Å²) >= 11 is 0. The van der Waals surface area contributed by atoms with Crippen LogP contribution >= 0.6 is 0 Å². The lowest BCUT2D eigenvalue weighted by Gasteiger charge is -2.35. The molecule has 0 bridgehead atoms. The summed E-state index contributed by atoms with van der Waals surface area (Å²) < 4.78 is 34.9. The van der Waals surface area contributed by atoms with Gasteiger partial charge < -0.3 is 14.2 Å². The summed E-state index contributed by atoms with van der Waals surface area (Å²) in [6.07, 6.45) is 2.14. The summed E-state index contributed by atoms with van der Waals surface area (Å²) in [4.78, 5) is 19.8. The second kappa shape index (κ2) is 9.49. The molecule has 2 saturated heterocycles. The lowest BCUT2D eigenvalue weighted by Crippen LogP contribution is -2.42. The smallest absolute Gasteiger partial charge is 0.243 e. The van der Waals surface area contributed by atoms with Crippen LogP contribution in [0, 0.1) is 11.8 Å². The Morgan fingerprint density at radius 2 is 1.84 bits per heavy atom. The first-order chi connectivity index (χ1) is 15.3. The average molecular weight is 463 g/mol. The van der Waals surface area contributed by atoms with Crippen molar-refractivity contribution in [2.45, 2.75) is 51.5 Å². The van der Waals surface area contributed by atoms with Crippen LogP contribution in [0.4, 0.5) is 0 Å². The van der Waals surface area contributed by atoms with Gasteiger partial charge in [-0.15, -0.1) is 0 Å². The molecule has 1 amide bonds. The van der Waals surface area contributed by atoms with Crippen molar-refractivity contribution in [2.24, 2.45) is 11.8 Å². The standard InChI is InChI=1S/C23H34N4O4S/c1-4-27-21-6-5-19(32(29,30)26-9-11-31-12-10-26)14-20(21)24-22(27)7-8-23(28)25-15-17(2)13-18(3)16-25/h5-6,14,17-18H,4,7-13,15-16H2,1-3H3. The predicted octanol–water partition coefficient (Wildman–Crippen LogP) is 2.51. The third kappa shape index (κ3) is 4.70. The van der Waals surface area contributed by atoms with Crippen molar-refractivity contribution < 1.29 is 17.9 Å². The molecule has 3 heterocycles. The minimum Gasteiger partial charge on any atom is -0.379 e. The Morgan fingerprint density at radius 3 is 2.50 bits per heavy atom. The number of morpholine rings is 1. The van der Waals surface area contributed by atoms with Crippen LogP contribution in [0.5, 0.6) is 0 Å². The molecule has 0 N–H and O–H groups in total. The van der Waals surface area contributed by atoms with Gasteiger partial charge in [-0.3, -0.25) is 4.79 Å². The Hall–Kier alpha value is -1.97. The van der Waals surface area contributed by atoms with Crippen molar-refractivity contribution in [1.29, 1.82) is 0 Å². The Bertz CT molecular complexity index is 1070. The lowest BCUT2D eigenvalue weighted by molar-refractivity contribution is -0.133. The van der Waals surface area contributed by atoms with Crippen LogP contribution in [0.3, 0.4) is 0 Å². The molecule has 32 heavy (non-hydrogen) atoms. The van der Waals surface area contributed by atoms with Gasteiger partial charge in [0.25, 0.3) is 0 Å². The first-order valence-electron chi connectivity index (χ1n) is 11.6. The van der Waals surface area contributed by atoms with E-state index in [0.29, 0.717) is 63.0 Å². The van der Waals surface area contributed by atoms with Crippen LogP contribution < -0.4 is 0 Å². The van der Waals surface area contributed by atoms with Gasteiger partial charge in [-0.25, -0.2) is 13.4 Å². The first-order valence-corrected chi connectivity index (χ1v) is 13.1. The average Bonchev–Trinajstić information content (AvgIpc) is 3.14. The van der Waals surface area contributed by atoms with E-state index in [-0.39, 0.29) is 10.8 Å². The number of carbonyl (C=O) groups excluding carboxylic acids is 1. The molecule has 0 radical (unpaired) electrons. The molecule has 8 nitrogen and oxygen atoms in total. The zero-order valence-electron chi connectivity index (χ0n) is 19.3. The number of hydrogen-bond donors (Lipinski definition) is 0. The second-order valence-electron chi connectivity index (χ2n) is 9.18. The summed E-state index contributed by atoms with van der Waals surface area (Å²) in [5.41, 5.74) is 1.56. The maximum Gasteiger partial charge on any atom is 0.243 e. The molecule has 2 aliphatic heterocycles. The highest BCUT2D eigenvalue weighted by atomic mass is 32.2. The van der Waals surface area contributed by atoms with Gasteiger partial charge >= 0.3 is 0 Å². The van der Waals surface area contributed by atoms with Gasteiger partial charge in [0.15, 0.2) is 0 Å². The quantitative estimate of drug-likeness (QED) is 0.659. The highest BCUT2D eigenvalue weighted by molar-refractivity contribution is 7.89. The van der Waals surface area contributed by atoms with Crippen LogP contribution in [0.1, 0.15) is 39.4 Å². The third-order valence-corrected chi connectivity index (χ3v) is 8.40. The Morgan fingerprint density at radius 1 is 1.16 bits per heavy atom. The van der Waals surface area contributed by atoms with Gasteiger partial charge in [-0.2, -0.15) is 4.31 Å². The molecule has 4 rings (SSSR count). The number of nitrogens with zero attached hydrogens (tertiary/aromatic N) is 4. The number of fused-ring (bicyclic) bond motifs is 1. The van der Waals surface area contributed by atoms with E-state index in [4.69, 9.17) is 9.72 Å². The molecule has 2 aliphatic rings. The summed E-state index contributed by atoms with van der Waals surface area (Å²) in [5, 5.41) is 0. The van der Waals surface area contributed by atoms with E-state index >= 15 is 0 Å². The van der Waals surface area contributed by atoms with Gasteiger partial charge in [0, 0.05) is 45.6 Å². The minimum absolute atomic E-state index is 0.175. The summed E-state index contributed by atoms with van der Waals surface area (Å²) in [5.74, 6) is 2.08. The number of likely N-dealkylation sites (tertiary alicyclic amines) is 1. The number of imidazole rings is 1. The van der Waals surface area contributed by atoms with Gasteiger partial charge in [-0.05, 0) is 43.4 Å². The molecule has 0 spiro atoms. The van der Waals surface area contributed by atoms with E-state index in [2.05, 4.69) is 18.4 Å². The van der Waals surface area contributed by atoms with Crippen LogP contribution in [0.25, 0.3) is 11.0 Å². The number of carbonyl (C=O) groups is 1. The summed E-state index contributed by atoms with van der Waals surface area (Å²) in [6.45, 7) is 10.4. The van der Waals surface area contributed by atoms with E-state index < -0.39 is 10.0 Å². The number of rotatable bonds is 6. The molecular weight excluding hydrogens is 428 g/mol. The van der Waals surface area contributed by atoms with Crippen molar-refractivity contribution in [2.75, 3.05) is 39.4 Å². The zero-order valence-corrected chi connectivity index (χ0v) is 20.1. The maximum absolute atomic E-state index is 13.0. The zero-order chi connectivity index (χ0) is 22.9. The van der Waals surface area contributed by atoms with Crippen molar-refractivity contribution in [3.05, 3.63) is 24.0 Å². The van der Waals surface area contributed by atoms with Crippen LogP contribution in [0.2, 0.25) is 0 Å². The number of benzene rings is 1. The number of hydrogen-bond acceptors (Lipinski definition) is 5. The molecule has 2 atom stereocenters. The van der Waals surface area contributed by atoms with E-state index in [1.54, 1.807) is 12.1 Å². The molecule has 2 fully saturated rings. The molecule has 0 aliphatic carbocycles. The number of piperidine rings is 1. The van der Waals surface area contributed by atoms with Gasteiger partial charge in [0.2, 0.25) is 15.9 Å². The second-order valence-corrected chi connectivity index (χ2v) is 11.1. The number of sulfonamides is 1. The third-order valence-electron chi connectivity index (χ3n) is 6.51. The predicted molar refractivity (Wildman–Crippen MR) is 123 cm³/mol. The topological polar surface area (TPSA) is 84.7 Å². The maximum atomic E-state index is 13.0. The molecule has 1 aromatic carbocycles. The molecule has 2 unspecified atom stereocenters. The lowest BCUT2D eigenvalue weighted by atomic mass is 9.91. The highest BCUT2D eigenvalue weighted by Gasteiger charge is 2.28. The van der Waals surface area contributed by atoms with Crippen molar-refractivity contribution in [1.82, 2.24) is 18.8 Å². The van der Waals surface area contributed by atoms with E-state index in [0.717, 1.165) is 24.4 Å². The monoisotopic (exact) mass is 462 g/mol. The highest BCUT2D eigenvalue weighted by Crippen LogP contribution is 2.25. The molecule has 2 aromatic rings. The minimum atomic E-state index is -3.57. The number of aryl methyl sites for hydroxylation is 2. The Labute approximate surface area is 190 Å².